The van der Waals surface area contributed by atoms with Crippen LogP contribution in [0.5, 0.6) is 11.5 Å². The van der Waals surface area contributed by atoms with Crippen molar-refractivity contribution < 1.29 is 9.84 Å². The van der Waals surface area contributed by atoms with Crippen LogP contribution >= 0.6 is 0 Å². The normalized spacial score (nSPS) is 34.7. The predicted molar refractivity (Wildman–Crippen MR) is 110 cm³/mol. The number of aromatic hydroxyl groups is 1. The molecule has 5 atom stereocenters. The van der Waals surface area contributed by atoms with E-state index in [0.29, 0.717) is 16.6 Å². The van der Waals surface area contributed by atoms with Crippen molar-refractivity contribution in [2.24, 2.45) is 16.7 Å². The molecule has 27 heavy (non-hydrogen) atoms. The van der Waals surface area contributed by atoms with Gasteiger partial charge in [-0.25, -0.2) is 0 Å². The summed E-state index contributed by atoms with van der Waals surface area (Å²) in [4.78, 5) is 4.20. The van der Waals surface area contributed by atoms with Crippen LogP contribution in [0.1, 0.15) is 63.0 Å². The van der Waals surface area contributed by atoms with Gasteiger partial charge >= 0.3 is 6.04 Å². The van der Waals surface area contributed by atoms with Crippen molar-refractivity contribution in [3.05, 3.63) is 40.8 Å². The summed E-state index contributed by atoms with van der Waals surface area (Å²) in [6.07, 6.45) is 11.4. The van der Waals surface area contributed by atoms with E-state index >= 15 is 0 Å². The number of nitrogens with zero attached hydrogens (tertiary/aromatic N) is 1. The molecular weight excluding hydrogens is 334 g/mol. The average Bonchev–Trinajstić information content (AvgIpc) is 3.20. The third-order valence-corrected chi connectivity index (χ3v) is 7.78. The monoisotopic (exact) mass is 366 g/mol. The van der Waals surface area contributed by atoms with E-state index in [1.165, 1.54) is 25.7 Å². The van der Waals surface area contributed by atoms with Crippen LogP contribution in [-0.2, 0) is 6.42 Å². The summed E-state index contributed by atoms with van der Waals surface area (Å²) in [5.74, 6) is 1.67. The maximum Gasteiger partial charge on any atom is 0.308 e. The molecular formula is C24H32NO2+. The molecule has 1 aliphatic heterocycles. The van der Waals surface area contributed by atoms with Gasteiger partial charge in [0.1, 0.15) is 0 Å². The van der Waals surface area contributed by atoms with E-state index in [1.807, 2.05) is 6.07 Å². The van der Waals surface area contributed by atoms with Gasteiger partial charge in [0.2, 0.25) is 0 Å². The van der Waals surface area contributed by atoms with Crippen molar-refractivity contribution in [1.29, 1.82) is 0 Å². The van der Waals surface area contributed by atoms with Crippen LogP contribution in [-0.4, -0.2) is 17.3 Å². The Labute approximate surface area is 163 Å². The van der Waals surface area contributed by atoms with Crippen molar-refractivity contribution in [2.75, 3.05) is 0 Å². The third-order valence-electron chi connectivity index (χ3n) is 7.78. The van der Waals surface area contributed by atoms with E-state index in [2.05, 4.69) is 31.3 Å². The number of hydrogen-bond donors (Lipinski definition) is 1. The molecule has 3 heteroatoms. The molecule has 2 saturated carbocycles. The Morgan fingerprint density at radius 1 is 1.44 bits per heavy atom. The molecule has 4 rings (SSSR count). The Balaban J connectivity index is 1.42. The first kappa shape index (κ1) is 18.4. The highest BCUT2D eigenvalue weighted by atomic mass is 16.5. The first-order chi connectivity index (χ1) is 12.9. The summed E-state index contributed by atoms with van der Waals surface area (Å²) in [6, 6.07) is 3.63. The Kier molecular flexibility index (Phi) is 4.49. The van der Waals surface area contributed by atoms with Gasteiger partial charge in [0.15, 0.2) is 17.6 Å². The van der Waals surface area contributed by atoms with Crippen molar-refractivity contribution in [2.45, 2.75) is 77.4 Å². The minimum Gasteiger partial charge on any atom is -0.504 e. The van der Waals surface area contributed by atoms with E-state index < -0.39 is 0 Å². The molecule has 0 amide bonds. The molecule has 0 radical (unpaired) electrons. The molecule has 1 aromatic rings. The highest BCUT2D eigenvalue weighted by molar-refractivity contribution is 5.52. The van der Waals surface area contributed by atoms with E-state index in [4.69, 9.17) is 11.3 Å². The highest BCUT2D eigenvalue weighted by Gasteiger charge is 2.62. The number of ether oxygens (including phenoxy) is 1. The molecule has 2 fully saturated rings. The molecule has 3 nitrogen and oxygen atoms in total. The first-order valence-corrected chi connectivity index (χ1v) is 10.4. The summed E-state index contributed by atoms with van der Waals surface area (Å²) < 4.78 is 6.10. The Hall–Kier alpha value is -1.95. The molecule has 3 aliphatic rings. The Bertz CT molecular complexity index is 763. The van der Waals surface area contributed by atoms with Crippen LogP contribution in [0.3, 0.4) is 0 Å². The quantitative estimate of drug-likeness (QED) is 0.637. The lowest BCUT2D eigenvalue weighted by molar-refractivity contribution is 0.121. The van der Waals surface area contributed by atoms with Gasteiger partial charge in [-0.05, 0) is 67.4 Å². The standard InChI is InChI=1S/C24H31NO2/c1-5-10-24-12-6-11-23(3,21(24)15-24)13-9-18(25-4)20-14-17-16(2)7-8-19(26)22(17)27-20/h4-5,7-8,18,20-21H,1,6,9-15H2,2-3H3/p+1/t18-,20+,21?,23-,24?/m0/s1. The van der Waals surface area contributed by atoms with Crippen molar-refractivity contribution in [1.82, 2.24) is 0 Å². The molecule has 0 bridgehead atoms. The molecule has 1 heterocycles. The minimum absolute atomic E-state index is 0.0255. The molecule has 0 aromatic heterocycles. The van der Waals surface area contributed by atoms with E-state index in [0.717, 1.165) is 42.7 Å². The van der Waals surface area contributed by atoms with Gasteiger partial charge in [0.25, 0.3) is 6.57 Å². The smallest absolute Gasteiger partial charge is 0.308 e. The molecule has 0 spiro atoms. The molecule has 1 aromatic carbocycles. The zero-order valence-electron chi connectivity index (χ0n) is 16.7. The molecule has 1 N–H and O–H groups in total. The fraction of sp³-hybridized carbons (Fsp3) is 0.625. The van der Waals surface area contributed by atoms with Gasteiger partial charge in [-0.3, -0.25) is 0 Å². The summed E-state index contributed by atoms with van der Waals surface area (Å²) in [5, 5.41) is 10.1. The van der Waals surface area contributed by atoms with E-state index in [1.54, 1.807) is 6.07 Å². The lowest BCUT2D eigenvalue weighted by Gasteiger charge is -2.37. The topological polar surface area (TPSA) is 33.8 Å². The van der Waals surface area contributed by atoms with Crippen molar-refractivity contribution in [3.63, 3.8) is 0 Å². The van der Waals surface area contributed by atoms with Gasteiger partial charge in [0.05, 0.1) is 0 Å². The van der Waals surface area contributed by atoms with Gasteiger partial charge in [-0.1, -0.05) is 30.3 Å². The van der Waals surface area contributed by atoms with Crippen LogP contribution in [0.4, 0.5) is 0 Å². The fourth-order valence-electron chi connectivity index (χ4n) is 6.08. The molecule has 144 valence electrons. The zero-order chi connectivity index (χ0) is 19.2. The summed E-state index contributed by atoms with van der Waals surface area (Å²) in [6.45, 7) is 14.3. The minimum atomic E-state index is -0.0682. The first-order valence-electron chi connectivity index (χ1n) is 10.4. The van der Waals surface area contributed by atoms with Crippen LogP contribution in [0.25, 0.3) is 4.85 Å². The molecule has 0 saturated heterocycles. The summed E-state index contributed by atoms with van der Waals surface area (Å²) >= 11 is 0. The number of phenols is 1. The van der Waals surface area contributed by atoms with Crippen LogP contribution in [0.2, 0.25) is 0 Å². The van der Waals surface area contributed by atoms with Gasteiger partial charge in [-0.15, -0.1) is 6.58 Å². The highest BCUT2D eigenvalue weighted by Crippen LogP contribution is 2.71. The number of phenolic OH excluding ortho intramolecular Hbond substituents is 1. The largest absolute Gasteiger partial charge is 0.504 e. The second kappa shape index (κ2) is 6.59. The Morgan fingerprint density at radius 3 is 2.96 bits per heavy atom. The predicted octanol–water partition coefficient (Wildman–Crippen LogP) is 5.89. The number of rotatable bonds is 6. The van der Waals surface area contributed by atoms with Crippen LogP contribution < -0.4 is 4.74 Å². The number of hydrogen-bond acceptors (Lipinski definition) is 2. The van der Waals surface area contributed by atoms with E-state index in [9.17, 15) is 5.11 Å². The van der Waals surface area contributed by atoms with Crippen molar-refractivity contribution >= 4 is 0 Å². The van der Waals surface area contributed by atoms with Gasteiger partial charge < -0.3 is 9.84 Å². The van der Waals surface area contributed by atoms with Crippen molar-refractivity contribution in [3.8, 4) is 18.1 Å². The number of fused-ring (bicyclic) bond motifs is 2. The lowest BCUT2D eigenvalue weighted by Crippen LogP contribution is -2.32. The summed E-state index contributed by atoms with van der Waals surface area (Å²) in [7, 11) is 0. The number of allylic oxidation sites excluding steroid dienone is 1. The van der Waals surface area contributed by atoms with Gasteiger partial charge in [-0.2, -0.15) is 0 Å². The summed E-state index contributed by atoms with van der Waals surface area (Å²) in [5.41, 5.74) is 3.18. The number of aryl methyl sites for hydroxylation is 1. The fourth-order valence-corrected chi connectivity index (χ4v) is 6.08. The molecule has 2 unspecified atom stereocenters. The number of benzene rings is 1. The van der Waals surface area contributed by atoms with Gasteiger partial charge in [0, 0.05) is 18.4 Å². The maximum absolute atomic E-state index is 10.1. The lowest BCUT2D eigenvalue weighted by atomic mass is 9.67. The third kappa shape index (κ3) is 3.04. The van der Waals surface area contributed by atoms with Crippen LogP contribution in [0.15, 0.2) is 24.8 Å². The zero-order valence-corrected chi connectivity index (χ0v) is 16.7. The Morgan fingerprint density at radius 2 is 2.26 bits per heavy atom. The van der Waals surface area contributed by atoms with E-state index in [-0.39, 0.29) is 17.9 Å². The van der Waals surface area contributed by atoms with Crippen LogP contribution in [0, 0.1) is 30.2 Å². The second-order valence-electron chi connectivity index (χ2n) is 9.44. The maximum atomic E-state index is 10.1. The second-order valence-corrected chi connectivity index (χ2v) is 9.44. The SMILES string of the molecule is C#[N+][C@@H](CC[C@]1(C)CCCC2(CC=C)CC21)[C@H]1Cc2c(C)ccc(O)c2O1. The molecule has 2 aliphatic carbocycles. The average molecular weight is 367 g/mol.